The van der Waals surface area contributed by atoms with E-state index in [1.54, 1.807) is 0 Å². The number of halogens is 4. The van der Waals surface area contributed by atoms with Crippen molar-refractivity contribution in [3.63, 3.8) is 0 Å². The zero-order valence-electron chi connectivity index (χ0n) is 14.4. The maximum atomic E-state index is 12.9. The van der Waals surface area contributed by atoms with Crippen LogP contribution in [0.2, 0.25) is 5.15 Å². The molecule has 0 aliphatic carbocycles. The van der Waals surface area contributed by atoms with Gasteiger partial charge in [0, 0.05) is 19.2 Å². The van der Waals surface area contributed by atoms with Gasteiger partial charge in [-0.05, 0) is 32.0 Å². The number of alkyl halides is 3. The van der Waals surface area contributed by atoms with Crippen molar-refractivity contribution in [1.29, 1.82) is 0 Å². The third-order valence-electron chi connectivity index (χ3n) is 3.48. The van der Waals surface area contributed by atoms with Crippen molar-refractivity contribution in [3.05, 3.63) is 40.7 Å². The largest absolute Gasteiger partial charge is 0.573 e. The third kappa shape index (κ3) is 4.35. The van der Waals surface area contributed by atoms with Crippen LogP contribution in [0.4, 0.5) is 13.2 Å². The number of aryl methyl sites for hydroxylation is 2. The molecule has 2 aromatic rings. The van der Waals surface area contributed by atoms with Gasteiger partial charge >= 0.3 is 6.36 Å². The van der Waals surface area contributed by atoms with E-state index in [-0.39, 0.29) is 27.9 Å². The smallest absolute Gasteiger partial charge is 0.406 e. The Bertz CT molecular complexity index is 973. The lowest BCUT2D eigenvalue weighted by Crippen LogP contribution is -2.37. The van der Waals surface area contributed by atoms with Crippen molar-refractivity contribution in [2.45, 2.75) is 25.1 Å². The average Bonchev–Trinajstić information content (AvgIpc) is 2.79. The van der Waals surface area contributed by atoms with Gasteiger partial charge in [-0.1, -0.05) is 17.7 Å². The summed E-state index contributed by atoms with van der Waals surface area (Å²) in [5.74, 6) is -1.66. The van der Waals surface area contributed by atoms with Gasteiger partial charge in [0.2, 0.25) is 0 Å². The first-order valence-electron chi connectivity index (χ1n) is 7.50. The van der Waals surface area contributed by atoms with Crippen molar-refractivity contribution in [3.8, 4) is 5.75 Å². The molecule has 0 saturated heterocycles. The van der Waals surface area contributed by atoms with Gasteiger partial charge in [0.15, 0.2) is 0 Å². The molecule has 148 valence electrons. The number of rotatable bonds is 5. The molecule has 0 aliphatic heterocycles. The first kappa shape index (κ1) is 21.0. The fourth-order valence-corrected chi connectivity index (χ4v) is 4.52. The van der Waals surface area contributed by atoms with Gasteiger partial charge < -0.3 is 4.74 Å². The van der Waals surface area contributed by atoms with Crippen LogP contribution < -0.4 is 4.74 Å². The third-order valence-corrected chi connectivity index (χ3v) is 6.03. The molecule has 0 radical (unpaired) electrons. The number of sulfonamides is 1. The van der Waals surface area contributed by atoms with Gasteiger partial charge in [-0.15, -0.1) is 13.2 Å². The predicted octanol–water partition coefficient (Wildman–Crippen LogP) is 3.13. The van der Waals surface area contributed by atoms with Crippen LogP contribution in [-0.4, -0.2) is 41.3 Å². The van der Waals surface area contributed by atoms with Crippen LogP contribution in [0.1, 0.15) is 23.0 Å². The van der Waals surface area contributed by atoms with Crippen LogP contribution >= 0.6 is 11.6 Å². The lowest BCUT2D eigenvalue weighted by molar-refractivity contribution is -0.274. The van der Waals surface area contributed by atoms with E-state index in [1.165, 1.54) is 27.0 Å². The van der Waals surface area contributed by atoms with E-state index in [2.05, 4.69) is 9.84 Å². The lowest BCUT2D eigenvalue weighted by Gasteiger charge is -2.21. The molecule has 1 heterocycles. The topological polar surface area (TPSA) is 81.5 Å². The Kier molecular flexibility index (Phi) is 5.76. The zero-order chi connectivity index (χ0) is 20.6. The molecular weight excluding hydrogens is 411 g/mol. The van der Waals surface area contributed by atoms with E-state index in [0.29, 0.717) is 4.31 Å². The predicted molar refractivity (Wildman–Crippen MR) is 90.0 cm³/mol. The van der Waals surface area contributed by atoms with Gasteiger partial charge in [0.1, 0.15) is 15.8 Å². The molecule has 1 aromatic heterocycles. The molecular formula is C15H15ClF3N3O4S. The van der Waals surface area contributed by atoms with Crippen LogP contribution in [0.5, 0.6) is 5.75 Å². The van der Waals surface area contributed by atoms with Gasteiger partial charge in [0.05, 0.1) is 5.69 Å². The van der Waals surface area contributed by atoms with Crippen molar-refractivity contribution in [2.75, 3.05) is 6.54 Å². The molecule has 0 unspecified atom stereocenters. The molecule has 0 fully saturated rings. The number of nitrogens with zero attached hydrogens (tertiary/aromatic N) is 3. The zero-order valence-corrected chi connectivity index (χ0v) is 16.0. The quantitative estimate of drug-likeness (QED) is 0.735. The molecule has 0 bridgehead atoms. The van der Waals surface area contributed by atoms with E-state index in [9.17, 15) is 26.4 Å². The Labute approximate surface area is 158 Å². The van der Waals surface area contributed by atoms with Crippen LogP contribution in [0.25, 0.3) is 0 Å². The van der Waals surface area contributed by atoms with Gasteiger partial charge in [-0.2, -0.15) is 5.10 Å². The highest BCUT2D eigenvalue weighted by atomic mass is 35.5. The Morgan fingerprint density at radius 1 is 1.37 bits per heavy atom. The monoisotopic (exact) mass is 425 g/mol. The van der Waals surface area contributed by atoms with Gasteiger partial charge in [-0.3, -0.25) is 9.48 Å². The first-order chi connectivity index (χ1) is 12.4. The number of carbonyl (C=O) groups excluding carboxylic acids is 1. The van der Waals surface area contributed by atoms with Gasteiger partial charge in [0.25, 0.3) is 15.9 Å². The average molecular weight is 426 g/mol. The van der Waals surface area contributed by atoms with E-state index >= 15 is 0 Å². The summed E-state index contributed by atoms with van der Waals surface area (Å²) in [6.45, 7) is 2.55. The van der Waals surface area contributed by atoms with Crippen LogP contribution in [0, 0.1) is 6.92 Å². The minimum absolute atomic E-state index is 0.0860. The molecule has 2 rings (SSSR count). The fraction of sp³-hybridized carbons (Fsp3) is 0.333. The minimum Gasteiger partial charge on any atom is -0.406 e. The lowest BCUT2D eigenvalue weighted by atomic mass is 10.2. The van der Waals surface area contributed by atoms with E-state index in [1.807, 2.05) is 0 Å². The SMILES string of the molecule is CCN(C(=O)c1cccc(OC(F)(F)F)c1)S(=O)(=O)c1c(C)nn(C)c1Cl. The highest BCUT2D eigenvalue weighted by Gasteiger charge is 2.35. The van der Waals surface area contributed by atoms with Crippen molar-refractivity contribution >= 4 is 27.5 Å². The van der Waals surface area contributed by atoms with Crippen LogP contribution in [0.3, 0.4) is 0 Å². The molecule has 1 aromatic carbocycles. The van der Waals surface area contributed by atoms with E-state index < -0.39 is 28.0 Å². The first-order valence-corrected chi connectivity index (χ1v) is 9.32. The standard InChI is InChI=1S/C15H15ClF3N3O4S/c1-4-22(27(24,25)12-9(2)20-21(3)13(12)16)14(23)10-6-5-7-11(8-10)26-15(17,18)19/h5-8H,4H2,1-3H3. The number of amides is 1. The second-order valence-corrected chi connectivity index (χ2v) is 7.54. The van der Waals surface area contributed by atoms with Crippen LogP contribution in [-0.2, 0) is 17.1 Å². The summed E-state index contributed by atoms with van der Waals surface area (Å²) in [6, 6.07) is 4.14. The number of hydrogen-bond acceptors (Lipinski definition) is 5. The van der Waals surface area contributed by atoms with E-state index in [0.717, 1.165) is 22.9 Å². The van der Waals surface area contributed by atoms with Crippen molar-refractivity contribution < 1.29 is 31.1 Å². The number of aromatic nitrogens is 2. The Balaban J connectivity index is 2.46. The summed E-state index contributed by atoms with van der Waals surface area (Å²) in [6.07, 6.45) is -4.95. The molecule has 0 spiro atoms. The molecule has 27 heavy (non-hydrogen) atoms. The molecule has 0 atom stereocenters. The van der Waals surface area contributed by atoms with Crippen molar-refractivity contribution in [2.24, 2.45) is 7.05 Å². The van der Waals surface area contributed by atoms with Crippen LogP contribution in [0.15, 0.2) is 29.2 Å². The number of carbonyl (C=O) groups is 1. The van der Waals surface area contributed by atoms with Gasteiger partial charge in [-0.25, -0.2) is 12.7 Å². The second kappa shape index (κ2) is 7.39. The molecule has 12 heteroatoms. The molecule has 1 amide bonds. The van der Waals surface area contributed by atoms with Crippen molar-refractivity contribution in [1.82, 2.24) is 14.1 Å². The number of hydrogen-bond donors (Lipinski definition) is 0. The molecule has 7 nitrogen and oxygen atoms in total. The Morgan fingerprint density at radius 2 is 2.00 bits per heavy atom. The normalized spacial score (nSPS) is 12.1. The summed E-state index contributed by atoms with van der Waals surface area (Å²) < 4.78 is 68.3. The number of ether oxygens (including phenoxy) is 1. The molecule has 0 aliphatic rings. The highest BCUT2D eigenvalue weighted by molar-refractivity contribution is 7.89. The molecule has 0 saturated carbocycles. The number of benzene rings is 1. The Hall–Kier alpha value is -2.27. The maximum absolute atomic E-state index is 12.9. The fourth-order valence-electron chi connectivity index (χ4n) is 2.41. The summed E-state index contributed by atoms with van der Waals surface area (Å²) in [7, 11) is -2.95. The molecule has 0 N–H and O–H groups in total. The second-order valence-electron chi connectivity index (χ2n) is 5.38. The van der Waals surface area contributed by atoms with E-state index in [4.69, 9.17) is 11.6 Å². The highest BCUT2D eigenvalue weighted by Crippen LogP contribution is 2.29. The summed E-state index contributed by atoms with van der Waals surface area (Å²) >= 11 is 5.99. The summed E-state index contributed by atoms with van der Waals surface area (Å²) in [4.78, 5) is 12.3. The summed E-state index contributed by atoms with van der Waals surface area (Å²) in [5, 5.41) is 3.72. The Morgan fingerprint density at radius 3 is 2.48 bits per heavy atom. The summed E-state index contributed by atoms with van der Waals surface area (Å²) in [5.41, 5.74) is -0.206. The maximum Gasteiger partial charge on any atom is 0.573 e. The minimum atomic E-state index is -4.95.